The maximum absolute atomic E-state index is 12.1. The van der Waals surface area contributed by atoms with Gasteiger partial charge in [-0.05, 0) is 13.3 Å². The number of aromatic nitrogens is 2. The van der Waals surface area contributed by atoms with Crippen LogP contribution < -0.4 is 4.72 Å². The second kappa shape index (κ2) is 6.15. The van der Waals surface area contributed by atoms with Crippen molar-refractivity contribution in [2.24, 2.45) is 13.0 Å². The number of amides is 1. The first-order chi connectivity index (χ1) is 9.83. The van der Waals surface area contributed by atoms with E-state index in [0.717, 1.165) is 12.1 Å². The van der Waals surface area contributed by atoms with Crippen molar-refractivity contribution in [3.63, 3.8) is 0 Å². The van der Waals surface area contributed by atoms with E-state index in [1.54, 1.807) is 11.1 Å². The van der Waals surface area contributed by atoms with Gasteiger partial charge in [-0.1, -0.05) is 0 Å². The second-order valence-corrected chi connectivity index (χ2v) is 7.27. The molecule has 1 N–H and O–H groups in total. The molecule has 0 radical (unpaired) electrons. The predicted molar refractivity (Wildman–Crippen MR) is 78.9 cm³/mol. The van der Waals surface area contributed by atoms with Crippen LogP contribution in [0, 0.1) is 5.92 Å². The SMILES string of the molecule is CCN1C(=O)CC[C@H](CNS(C)(=O)=O)[C@H]1c1nccn1C. The van der Waals surface area contributed by atoms with Crippen molar-refractivity contribution in [3.8, 4) is 0 Å². The van der Waals surface area contributed by atoms with E-state index < -0.39 is 10.0 Å². The summed E-state index contributed by atoms with van der Waals surface area (Å²) in [5.74, 6) is 0.921. The van der Waals surface area contributed by atoms with E-state index in [0.29, 0.717) is 25.9 Å². The molecule has 118 valence electrons. The lowest BCUT2D eigenvalue weighted by Gasteiger charge is -2.40. The lowest BCUT2D eigenvalue weighted by atomic mass is 9.88. The van der Waals surface area contributed by atoms with Crippen LogP contribution in [0.4, 0.5) is 0 Å². The lowest BCUT2D eigenvalue weighted by Crippen LogP contribution is -2.47. The van der Waals surface area contributed by atoms with Gasteiger partial charge in [0.05, 0.1) is 12.3 Å². The van der Waals surface area contributed by atoms with E-state index in [1.165, 1.54) is 0 Å². The molecular weight excluding hydrogens is 292 g/mol. The molecule has 1 aliphatic heterocycles. The van der Waals surface area contributed by atoms with E-state index >= 15 is 0 Å². The highest BCUT2D eigenvalue weighted by Gasteiger charge is 2.38. The molecule has 2 atom stereocenters. The van der Waals surface area contributed by atoms with E-state index in [4.69, 9.17) is 0 Å². The third-order valence-electron chi connectivity index (χ3n) is 3.90. The van der Waals surface area contributed by atoms with Gasteiger partial charge < -0.3 is 9.47 Å². The molecule has 1 fully saturated rings. The number of rotatable bonds is 5. The van der Waals surface area contributed by atoms with Gasteiger partial charge in [0.2, 0.25) is 15.9 Å². The quantitative estimate of drug-likeness (QED) is 0.845. The van der Waals surface area contributed by atoms with Crippen molar-refractivity contribution < 1.29 is 13.2 Å². The van der Waals surface area contributed by atoms with Crippen molar-refractivity contribution in [2.75, 3.05) is 19.3 Å². The molecule has 0 spiro atoms. The molecule has 1 amide bonds. The number of nitrogens with zero attached hydrogens (tertiary/aromatic N) is 3. The summed E-state index contributed by atoms with van der Waals surface area (Å²) in [7, 11) is -1.36. The number of carbonyl (C=O) groups excluding carboxylic acids is 1. The van der Waals surface area contributed by atoms with Crippen LogP contribution in [0.3, 0.4) is 0 Å². The van der Waals surface area contributed by atoms with Crippen molar-refractivity contribution in [3.05, 3.63) is 18.2 Å². The summed E-state index contributed by atoms with van der Waals surface area (Å²) in [6, 6.07) is -0.189. The van der Waals surface area contributed by atoms with Crippen LogP contribution in [0.25, 0.3) is 0 Å². The molecule has 7 nitrogen and oxygen atoms in total. The van der Waals surface area contributed by atoms with Gasteiger partial charge in [0.15, 0.2) is 0 Å². The Kier molecular flexibility index (Phi) is 4.67. The van der Waals surface area contributed by atoms with Crippen LogP contribution in [-0.4, -0.2) is 48.1 Å². The average molecular weight is 314 g/mol. The number of carbonyl (C=O) groups is 1. The Hall–Kier alpha value is -1.41. The number of piperidine rings is 1. The van der Waals surface area contributed by atoms with Gasteiger partial charge in [-0.3, -0.25) is 4.79 Å². The number of aryl methyl sites for hydroxylation is 1. The Balaban J connectivity index is 2.29. The van der Waals surface area contributed by atoms with Crippen LogP contribution in [0.5, 0.6) is 0 Å². The Morgan fingerprint density at radius 2 is 2.19 bits per heavy atom. The normalized spacial score (nSPS) is 23.6. The summed E-state index contributed by atoms with van der Waals surface area (Å²) in [5, 5.41) is 0. The third-order valence-corrected chi connectivity index (χ3v) is 4.59. The fourth-order valence-electron chi connectivity index (χ4n) is 2.88. The minimum atomic E-state index is -3.24. The standard InChI is InChI=1S/C13H22N4O3S/c1-4-17-11(18)6-5-10(9-15-21(3,19)20)12(17)13-14-7-8-16(13)2/h7-8,10,12,15H,4-6,9H2,1-3H3/t10-,12+/m1/s1. The van der Waals surface area contributed by atoms with Gasteiger partial charge in [-0.15, -0.1) is 0 Å². The molecule has 21 heavy (non-hydrogen) atoms. The molecule has 2 heterocycles. The molecule has 0 bridgehead atoms. The molecular formula is C13H22N4O3S. The minimum Gasteiger partial charge on any atom is -0.336 e. The van der Waals surface area contributed by atoms with E-state index in [1.807, 2.05) is 24.7 Å². The second-order valence-electron chi connectivity index (χ2n) is 5.44. The maximum Gasteiger partial charge on any atom is 0.223 e. The van der Waals surface area contributed by atoms with Crippen molar-refractivity contribution >= 4 is 15.9 Å². The Morgan fingerprint density at radius 1 is 1.48 bits per heavy atom. The fourth-order valence-corrected chi connectivity index (χ4v) is 3.39. The minimum absolute atomic E-state index is 0.0264. The van der Waals surface area contributed by atoms with Gasteiger partial charge in [0, 0.05) is 44.9 Å². The molecule has 1 aliphatic rings. The summed E-state index contributed by atoms with van der Waals surface area (Å²) in [5.41, 5.74) is 0. The van der Waals surface area contributed by atoms with Gasteiger partial charge in [0.1, 0.15) is 5.82 Å². The van der Waals surface area contributed by atoms with Crippen LogP contribution >= 0.6 is 0 Å². The third kappa shape index (κ3) is 3.62. The number of hydrogen-bond acceptors (Lipinski definition) is 4. The smallest absolute Gasteiger partial charge is 0.223 e. The van der Waals surface area contributed by atoms with Crippen molar-refractivity contribution in [1.29, 1.82) is 0 Å². The van der Waals surface area contributed by atoms with E-state index in [9.17, 15) is 13.2 Å². The summed E-state index contributed by atoms with van der Waals surface area (Å²) in [4.78, 5) is 18.3. The first kappa shape index (κ1) is 16.0. The molecule has 0 aromatic carbocycles. The molecule has 8 heteroatoms. The summed E-state index contributed by atoms with van der Waals surface area (Å²) in [6.45, 7) is 2.84. The Morgan fingerprint density at radius 3 is 2.71 bits per heavy atom. The summed E-state index contributed by atoms with van der Waals surface area (Å²) < 4.78 is 27.1. The van der Waals surface area contributed by atoms with Crippen LogP contribution in [0.15, 0.2) is 12.4 Å². The van der Waals surface area contributed by atoms with Gasteiger partial charge in [-0.2, -0.15) is 0 Å². The zero-order chi connectivity index (χ0) is 15.6. The Labute approximate surface area is 125 Å². The van der Waals surface area contributed by atoms with Gasteiger partial charge in [0.25, 0.3) is 0 Å². The highest BCUT2D eigenvalue weighted by Crippen LogP contribution is 2.35. The number of imidazole rings is 1. The van der Waals surface area contributed by atoms with Crippen molar-refractivity contribution in [2.45, 2.75) is 25.8 Å². The number of sulfonamides is 1. The van der Waals surface area contributed by atoms with Gasteiger partial charge in [-0.25, -0.2) is 18.1 Å². The summed E-state index contributed by atoms with van der Waals surface area (Å²) in [6.07, 6.45) is 5.79. The number of nitrogens with one attached hydrogen (secondary N) is 1. The lowest BCUT2D eigenvalue weighted by molar-refractivity contribution is -0.139. The largest absolute Gasteiger partial charge is 0.336 e. The van der Waals surface area contributed by atoms with Crippen LogP contribution in [0.1, 0.15) is 31.6 Å². The Bertz CT molecular complexity index is 611. The average Bonchev–Trinajstić information content (AvgIpc) is 2.81. The van der Waals surface area contributed by atoms with E-state index in [2.05, 4.69) is 9.71 Å². The molecule has 1 aromatic heterocycles. The highest BCUT2D eigenvalue weighted by atomic mass is 32.2. The first-order valence-corrected chi connectivity index (χ1v) is 8.94. The molecule has 1 aromatic rings. The first-order valence-electron chi connectivity index (χ1n) is 7.04. The van der Waals surface area contributed by atoms with Gasteiger partial charge >= 0.3 is 0 Å². The summed E-state index contributed by atoms with van der Waals surface area (Å²) >= 11 is 0. The highest BCUT2D eigenvalue weighted by molar-refractivity contribution is 7.88. The zero-order valence-corrected chi connectivity index (χ0v) is 13.4. The zero-order valence-electron chi connectivity index (χ0n) is 12.6. The molecule has 0 aliphatic carbocycles. The topological polar surface area (TPSA) is 84.3 Å². The number of hydrogen-bond donors (Lipinski definition) is 1. The molecule has 1 saturated heterocycles. The van der Waals surface area contributed by atoms with Crippen molar-refractivity contribution in [1.82, 2.24) is 19.2 Å². The maximum atomic E-state index is 12.1. The molecule has 2 rings (SSSR count). The van der Waals surface area contributed by atoms with E-state index in [-0.39, 0.29) is 17.9 Å². The fraction of sp³-hybridized carbons (Fsp3) is 0.692. The predicted octanol–water partition coefficient (Wildman–Crippen LogP) is 0.269. The number of likely N-dealkylation sites (tertiary alicyclic amines) is 1. The molecule has 0 saturated carbocycles. The molecule has 0 unspecified atom stereocenters. The van der Waals surface area contributed by atoms with Crippen LogP contribution in [-0.2, 0) is 21.9 Å². The monoisotopic (exact) mass is 314 g/mol. The van der Waals surface area contributed by atoms with Crippen LogP contribution in [0.2, 0.25) is 0 Å².